The molecule has 0 saturated carbocycles. The maximum atomic E-state index is 11.7. The number of anilines is 1. The zero-order valence-corrected chi connectivity index (χ0v) is 11.3. The molecule has 0 fully saturated rings. The van der Waals surface area contributed by atoms with Gasteiger partial charge in [-0.15, -0.1) is 0 Å². The van der Waals surface area contributed by atoms with Crippen molar-refractivity contribution in [2.45, 2.75) is 32.4 Å². The number of carbonyl (C=O) groups excluding carboxylic acids is 1. The number of hydrogen-bond acceptors (Lipinski definition) is 4. The highest BCUT2D eigenvalue weighted by atomic mass is 16.6. The molecule has 1 unspecified atom stereocenters. The van der Waals surface area contributed by atoms with Crippen molar-refractivity contribution in [3.63, 3.8) is 0 Å². The van der Waals surface area contributed by atoms with E-state index < -0.39 is 12.2 Å². The normalized spacial score (nSPS) is 18.2. The van der Waals surface area contributed by atoms with Crippen LogP contribution in [0.4, 0.5) is 10.5 Å². The van der Waals surface area contributed by atoms with Crippen LogP contribution in [0.2, 0.25) is 0 Å². The summed E-state index contributed by atoms with van der Waals surface area (Å²) in [4.78, 5) is 16.1. The Balaban J connectivity index is 1.89. The van der Waals surface area contributed by atoms with Crippen molar-refractivity contribution in [3.05, 3.63) is 30.3 Å². The SMILES string of the molecule is CC(OC(=O)Nc1ccccc1)C1=NC(C)(C)CO1. The largest absolute Gasteiger partial charge is 0.476 e. The first-order valence-corrected chi connectivity index (χ1v) is 6.21. The van der Waals surface area contributed by atoms with Gasteiger partial charge in [0, 0.05) is 5.69 Å². The van der Waals surface area contributed by atoms with Crippen LogP contribution in [0.1, 0.15) is 20.8 Å². The molecule has 0 saturated heterocycles. The first-order valence-electron chi connectivity index (χ1n) is 6.21. The van der Waals surface area contributed by atoms with E-state index in [1.165, 1.54) is 0 Å². The number of carbonyl (C=O) groups is 1. The first-order chi connectivity index (χ1) is 8.96. The molecule has 0 radical (unpaired) electrons. The van der Waals surface area contributed by atoms with Crippen LogP contribution in [0.15, 0.2) is 35.3 Å². The molecular formula is C14H18N2O3. The van der Waals surface area contributed by atoms with Crippen LogP contribution in [0, 0.1) is 0 Å². The molecule has 1 atom stereocenters. The summed E-state index contributed by atoms with van der Waals surface area (Å²) in [6, 6.07) is 9.14. The predicted octanol–water partition coefficient (Wildman–Crippen LogP) is 2.83. The van der Waals surface area contributed by atoms with Crippen LogP contribution in [0.25, 0.3) is 0 Å². The summed E-state index contributed by atoms with van der Waals surface area (Å²) in [5, 5.41) is 2.65. The van der Waals surface area contributed by atoms with Gasteiger partial charge in [-0.3, -0.25) is 5.32 Å². The van der Waals surface area contributed by atoms with E-state index in [1.54, 1.807) is 19.1 Å². The molecule has 1 aliphatic heterocycles. The Morgan fingerprint density at radius 3 is 2.68 bits per heavy atom. The number of ether oxygens (including phenoxy) is 2. The highest BCUT2D eigenvalue weighted by molar-refractivity contribution is 5.89. The van der Waals surface area contributed by atoms with Gasteiger partial charge in [-0.25, -0.2) is 9.79 Å². The van der Waals surface area contributed by atoms with Crippen LogP contribution in [-0.2, 0) is 9.47 Å². The number of amides is 1. The Labute approximate surface area is 112 Å². The number of para-hydroxylation sites is 1. The van der Waals surface area contributed by atoms with Gasteiger partial charge in [-0.05, 0) is 32.9 Å². The number of rotatable bonds is 3. The third-order valence-electron chi connectivity index (χ3n) is 2.64. The van der Waals surface area contributed by atoms with Crippen molar-refractivity contribution in [3.8, 4) is 0 Å². The van der Waals surface area contributed by atoms with Crippen molar-refractivity contribution in [2.75, 3.05) is 11.9 Å². The van der Waals surface area contributed by atoms with E-state index in [2.05, 4.69) is 10.3 Å². The van der Waals surface area contributed by atoms with Crippen molar-refractivity contribution in [1.29, 1.82) is 0 Å². The first kappa shape index (κ1) is 13.4. The second-order valence-electron chi connectivity index (χ2n) is 5.09. The molecule has 5 heteroatoms. The highest BCUT2D eigenvalue weighted by Crippen LogP contribution is 2.19. The van der Waals surface area contributed by atoms with Crippen molar-refractivity contribution < 1.29 is 14.3 Å². The zero-order valence-electron chi connectivity index (χ0n) is 11.3. The molecule has 0 spiro atoms. The standard InChI is InChI=1S/C14H18N2O3/c1-10(12-16-14(2,3)9-18-12)19-13(17)15-11-7-5-4-6-8-11/h4-8,10H,9H2,1-3H3,(H,15,17). The van der Waals surface area contributed by atoms with Gasteiger partial charge < -0.3 is 9.47 Å². The molecule has 0 aliphatic carbocycles. The molecule has 1 heterocycles. The van der Waals surface area contributed by atoms with Crippen molar-refractivity contribution >= 4 is 17.7 Å². The lowest BCUT2D eigenvalue weighted by atomic mass is 10.1. The molecule has 0 aromatic heterocycles. The minimum absolute atomic E-state index is 0.247. The quantitative estimate of drug-likeness (QED) is 0.911. The Bertz CT molecular complexity index is 483. The maximum Gasteiger partial charge on any atom is 0.412 e. The molecular weight excluding hydrogens is 244 g/mol. The monoisotopic (exact) mass is 262 g/mol. The van der Waals surface area contributed by atoms with Gasteiger partial charge in [-0.1, -0.05) is 18.2 Å². The lowest BCUT2D eigenvalue weighted by Crippen LogP contribution is -2.27. The summed E-state index contributed by atoms with van der Waals surface area (Å²) < 4.78 is 10.7. The van der Waals surface area contributed by atoms with Crippen LogP contribution >= 0.6 is 0 Å². The number of benzene rings is 1. The molecule has 1 aromatic carbocycles. The second-order valence-corrected chi connectivity index (χ2v) is 5.09. The summed E-state index contributed by atoms with van der Waals surface area (Å²) in [5.74, 6) is 0.466. The van der Waals surface area contributed by atoms with Gasteiger partial charge in [-0.2, -0.15) is 0 Å². The molecule has 2 rings (SSSR count). The molecule has 19 heavy (non-hydrogen) atoms. The Kier molecular flexibility index (Phi) is 3.74. The minimum atomic E-state index is -0.519. The van der Waals surface area contributed by atoms with Gasteiger partial charge in [0.2, 0.25) is 5.90 Å². The average molecular weight is 262 g/mol. The van der Waals surface area contributed by atoms with Crippen molar-refractivity contribution in [1.82, 2.24) is 0 Å². The highest BCUT2D eigenvalue weighted by Gasteiger charge is 2.30. The summed E-state index contributed by atoms with van der Waals surface area (Å²) in [6.45, 7) is 6.19. The molecule has 102 valence electrons. The maximum absolute atomic E-state index is 11.7. The number of hydrogen-bond donors (Lipinski definition) is 1. The van der Waals surface area contributed by atoms with E-state index in [0.717, 1.165) is 0 Å². The fraction of sp³-hybridized carbons (Fsp3) is 0.429. The molecule has 1 N–H and O–H groups in total. The Hall–Kier alpha value is -2.04. The lowest BCUT2D eigenvalue weighted by molar-refractivity contribution is 0.135. The summed E-state index contributed by atoms with van der Waals surface area (Å²) >= 11 is 0. The average Bonchev–Trinajstić information content (AvgIpc) is 2.71. The van der Waals surface area contributed by atoms with Gasteiger partial charge in [0.05, 0.1) is 5.54 Å². The van der Waals surface area contributed by atoms with Gasteiger partial charge >= 0.3 is 6.09 Å². The topological polar surface area (TPSA) is 59.9 Å². The predicted molar refractivity (Wildman–Crippen MR) is 73.5 cm³/mol. The van der Waals surface area contributed by atoms with E-state index in [1.807, 2.05) is 32.0 Å². The fourth-order valence-electron chi connectivity index (χ4n) is 1.70. The third-order valence-corrected chi connectivity index (χ3v) is 2.64. The second kappa shape index (κ2) is 5.30. The third kappa shape index (κ3) is 3.71. The van der Waals surface area contributed by atoms with Gasteiger partial charge in [0.15, 0.2) is 6.10 Å². The Morgan fingerprint density at radius 2 is 2.11 bits per heavy atom. The van der Waals surface area contributed by atoms with Crippen molar-refractivity contribution in [2.24, 2.45) is 4.99 Å². The Morgan fingerprint density at radius 1 is 1.42 bits per heavy atom. The minimum Gasteiger partial charge on any atom is -0.476 e. The molecule has 0 bridgehead atoms. The van der Waals surface area contributed by atoms with Crippen LogP contribution in [0.5, 0.6) is 0 Å². The molecule has 5 nitrogen and oxygen atoms in total. The van der Waals surface area contributed by atoms with E-state index in [9.17, 15) is 4.79 Å². The zero-order chi connectivity index (χ0) is 13.9. The fourth-order valence-corrected chi connectivity index (χ4v) is 1.70. The summed E-state index contributed by atoms with van der Waals surface area (Å²) in [7, 11) is 0. The number of nitrogens with zero attached hydrogens (tertiary/aromatic N) is 1. The van der Waals surface area contributed by atoms with Crippen LogP contribution in [0.3, 0.4) is 0 Å². The van der Waals surface area contributed by atoms with Crippen LogP contribution in [-0.4, -0.2) is 30.2 Å². The van der Waals surface area contributed by atoms with E-state index in [-0.39, 0.29) is 5.54 Å². The van der Waals surface area contributed by atoms with E-state index in [0.29, 0.717) is 18.2 Å². The lowest BCUT2D eigenvalue weighted by Gasteiger charge is -2.13. The smallest absolute Gasteiger partial charge is 0.412 e. The van der Waals surface area contributed by atoms with Crippen LogP contribution < -0.4 is 5.32 Å². The molecule has 1 aliphatic rings. The summed E-state index contributed by atoms with van der Waals surface area (Å²) in [5.41, 5.74) is 0.442. The van der Waals surface area contributed by atoms with E-state index in [4.69, 9.17) is 9.47 Å². The number of aliphatic imine (C=N–C) groups is 1. The summed E-state index contributed by atoms with van der Waals surface area (Å²) in [6.07, 6.45) is -1.01. The van der Waals surface area contributed by atoms with Gasteiger partial charge in [0.25, 0.3) is 0 Å². The number of nitrogens with one attached hydrogen (secondary N) is 1. The van der Waals surface area contributed by atoms with E-state index >= 15 is 0 Å². The molecule has 1 aromatic rings. The molecule has 1 amide bonds. The van der Waals surface area contributed by atoms with Gasteiger partial charge in [0.1, 0.15) is 6.61 Å².